The summed E-state index contributed by atoms with van der Waals surface area (Å²) in [5.41, 5.74) is 4.15. The smallest absolute Gasteiger partial charge is 0.325 e. The van der Waals surface area contributed by atoms with Crippen LogP contribution in [0, 0.1) is 12.3 Å². The molecule has 0 spiro atoms. The monoisotopic (exact) mass is 406 g/mol. The van der Waals surface area contributed by atoms with Gasteiger partial charge in [-0.2, -0.15) is 0 Å². The number of aryl methyl sites for hydroxylation is 1. The number of nitrogens with zero attached hydrogens (tertiary/aromatic N) is 1. The van der Waals surface area contributed by atoms with Crippen molar-refractivity contribution in [3.63, 3.8) is 0 Å². The molecular formula is C25H30N2O3. The molecule has 0 heterocycles. The summed E-state index contributed by atoms with van der Waals surface area (Å²) in [6, 6.07) is 15.7. The molecule has 158 valence electrons. The van der Waals surface area contributed by atoms with Gasteiger partial charge in [0.1, 0.15) is 18.0 Å². The highest BCUT2D eigenvalue weighted by atomic mass is 16.5. The molecule has 1 aliphatic rings. The molecule has 5 nitrogen and oxygen atoms in total. The Balaban J connectivity index is 1.69. The molecule has 2 aromatic carbocycles. The van der Waals surface area contributed by atoms with Gasteiger partial charge in [-0.25, -0.2) is 0 Å². The third-order valence-electron chi connectivity index (χ3n) is 4.80. The van der Waals surface area contributed by atoms with Crippen molar-refractivity contribution in [2.75, 3.05) is 13.2 Å². The molecule has 1 N–H and O–H groups in total. The Bertz CT molecular complexity index is 926. The summed E-state index contributed by atoms with van der Waals surface area (Å²) in [6.07, 6.45) is 3.79. The lowest BCUT2D eigenvalue weighted by Gasteiger charge is -2.31. The average molecular weight is 407 g/mol. The molecule has 0 radical (unpaired) electrons. The molecular weight excluding hydrogens is 376 g/mol. The van der Waals surface area contributed by atoms with Crippen LogP contribution in [0.5, 0.6) is 11.5 Å². The number of rotatable bonds is 7. The lowest BCUT2D eigenvalue weighted by atomic mass is 9.78. The molecule has 0 unspecified atom stereocenters. The minimum atomic E-state index is -0.246. The summed E-state index contributed by atoms with van der Waals surface area (Å²) < 4.78 is 10.9. The molecule has 3 rings (SSSR count). The highest BCUT2D eigenvalue weighted by molar-refractivity contribution is 5.98. The second-order valence-corrected chi connectivity index (χ2v) is 8.36. The summed E-state index contributed by atoms with van der Waals surface area (Å²) in [4.78, 5) is 16.5. The number of carbonyl (C=O) groups excluding carboxylic acids is 1. The van der Waals surface area contributed by atoms with Crippen molar-refractivity contribution in [1.29, 1.82) is 0 Å². The van der Waals surface area contributed by atoms with Crippen molar-refractivity contribution < 1.29 is 14.3 Å². The number of hydrogen-bond acceptors (Lipinski definition) is 5. The summed E-state index contributed by atoms with van der Waals surface area (Å²) >= 11 is 0. The second kappa shape index (κ2) is 9.61. The van der Waals surface area contributed by atoms with Crippen LogP contribution >= 0.6 is 0 Å². The van der Waals surface area contributed by atoms with Crippen LogP contribution in [-0.2, 0) is 9.53 Å². The zero-order chi connectivity index (χ0) is 21.6. The van der Waals surface area contributed by atoms with Crippen LogP contribution in [0.15, 0.2) is 65.3 Å². The van der Waals surface area contributed by atoms with Gasteiger partial charge in [-0.05, 0) is 74.6 Å². The normalized spacial score (nSPS) is 16.7. The van der Waals surface area contributed by atoms with Gasteiger partial charge < -0.3 is 14.8 Å². The number of carbonyl (C=O) groups is 1. The predicted octanol–water partition coefficient (Wildman–Crippen LogP) is 5.72. The maximum Gasteiger partial charge on any atom is 0.325 e. The number of benzene rings is 2. The van der Waals surface area contributed by atoms with Gasteiger partial charge in [-0.3, -0.25) is 9.79 Å². The van der Waals surface area contributed by atoms with Crippen molar-refractivity contribution in [3.8, 4) is 11.5 Å². The van der Waals surface area contributed by atoms with E-state index in [0.717, 1.165) is 41.4 Å². The van der Waals surface area contributed by atoms with Crippen LogP contribution in [0.1, 0.15) is 39.2 Å². The quantitative estimate of drug-likeness (QED) is 0.598. The Morgan fingerprint density at radius 3 is 2.30 bits per heavy atom. The number of hydrogen-bond donors (Lipinski definition) is 1. The number of nitrogens with one attached hydrogen (secondary N) is 1. The zero-order valence-electron chi connectivity index (χ0n) is 18.2. The predicted molar refractivity (Wildman–Crippen MR) is 121 cm³/mol. The molecule has 5 heteroatoms. The molecule has 0 amide bonds. The lowest BCUT2D eigenvalue weighted by molar-refractivity contribution is -0.141. The third kappa shape index (κ3) is 6.48. The van der Waals surface area contributed by atoms with E-state index in [2.05, 4.69) is 26.1 Å². The van der Waals surface area contributed by atoms with Crippen LogP contribution in [0.2, 0.25) is 0 Å². The van der Waals surface area contributed by atoms with Gasteiger partial charge in [-0.15, -0.1) is 0 Å². The van der Waals surface area contributed by atoms with Gasteiger partial charge in [0.2, 0.25) is 0 Å². The van der Waals surface area contributed by atoms with Gasteiger partial charge in [0.15, 0.2) is 0 Å². The van der Waals surface area contributed by atoms with Gasteiger partial charge in [0.05, 0.1) is 12.3 Å². The van der Waals surface area contributed by atoms with E-state index in [1.807, 2.05) is 61.5 Å². The molecule has 2 aromatic rings. The van der Waals surface area contributed by atoms with Crippen molar-refractivity contribution in [3.05, 3.63) is 65.9 Å². The third-order valence-corrected chi connectivity index (χ3v) is 4.80. The maximum absolute atomic E-state index is 11.6. The SMILES string of the molecule is CCOC(=O)CNC1=C/C(=N/c2ccc(Oc3ccc(C)cc3)cc2)CC(C)(C)C1. The van der Waals surface area contributed by atoms with Gasteiger partial charge in [0.25, 0.3) is 0 Å². The lowest BCUT2D eigenvalue weighted by Crippen LogP contribution is -2.31. The van der Waals surface area contributed by atoms with Crippen LogP contribution in [0.3, 0.4) is 0 Å². The van der Waals surface area contributed by atoms with Crippen LogP contribution in [0.25, 0.3) is 0 Å². The molecule has 0 bridgehead atoms. The van der Waals surface area contributed by atoms with E-state index in [4.69, 9.17) is 14.5 Å². The highest BCUT2D eigenvalue weighted by Gasteiger charge is 2.26. The summed E-state index contributed by atoms with van der Waals surface area (Å²) in [7, 11) is 0. The molecule has 0 fully saturated rings. The first-order valence-corrected chi connectivity index (χ1v) is 10.4. The van der Waals surface area contributed by atoms with Crippen LogP contribution in [0.4, 0.5) is 5.69 Å². The van der Waals surface area contributed by atoms with E-state index in [0.29, 0.717) is 6.61 Å². The summed E-state index contributed by atoms with van der Waals surface area (Å²) in [5, 5.41) is 3.20. The molecule has 0 aliphatic heterocycles. The topological polar surface area (TPSA) is 59.9 Å². The van der Waals surface area contributed by atoms with Crippen molar-refractivity contribution in [2.24, 2.45) is 10.4 Å². The molecule has 1 aliphatic carbocycles. The largest absolute Gasteiger partial charge is 0.465 e. The maximum atomic E-state index is 11.6. The molecule has 0 aromatic heterocycles. The fourth-order valence-corrected chi connectivity index (χ4v) is 3.45. The molecule has 30 heavy (non-hydrogen) atoms. The number of esters is 1. The standard InChI is InChI=1S/C25H30N2O3/c1-5-29-24(28)17-26-20-14-21(16-25(3,4)15-20)27-19-8-12-23(13-9-19)30-22-10-6-18(2)7-11-22/h6-14,26H,5,15-17H2,1-4H3/b27-21-. The van der Waals surface area contributed by atoms with Crippen LogP contribution < -0.4 is 10.1 Å². The van der Waals surface area contributed by atoms with Crippen molar-refractivity contribution in [1.82, 2.24) is 5.32 Å². The fraction of sp³-hybridized carbons (Fsp3) is 0.360. The van der Waals surface area contributed by atoms with E-state index in [1.165, 1.54) is 5.56 Å². The average Bonchev–Trinajstić information content (AvgIpc) is 2.69. The minimum absolute atomic E-state index is 0.0685. The Morgan fingerprint density at radius 1 is 1.03 bits per heavy atom. The first-order valence-electron chi connectivity index (χ1n) is 10.4. The number of aliphatic imine (C=N–C) groups is 1. The van der Waals surface area contributed by atoms with Gasteiger partial charge in [-0.1, -0.05) is 31.5 Å². The molecule has 0 atom stereocenters. The van der Waals surface area contributed by atoms with Gasteiger partial charge >= 0.3 is 5.97 Å². The minimum Gasteiger partial charge on any atom is -0.465 e. The van der Waals surface area contributed by atoms with Crippen molar-refractivity contribution >= 4 is 17.4 Å². The Labute approximate surface area is 178 Å². The first kappa shape index (κ1) is 21.6. The number of allylic oxidation sites excluding steroid dienone is 2. The van der Waals surface area contributed by atoms with E-state index in [-0.39, 0.29) is 17.9 Å². The Hall–Kier alpha value is -3.08. The van der Waals surface area contributed by atoms with Crippen LogP contribution in [-0.4, -0.2) is 24.8 Å². The van der Waals surface area contributed by atoms with E-state index in [9.17, 15) is 4.79 Å². The first-order chi connectivity index (χ1) is 14.3. The summed E-state index contributed by atoms with van der Waals surface area (Å²) in [6.45, 7) is 8.84. The number of ether oxygens (including phenoxy) is 2. The molecule has 0 saturated carbocycles. The van der Waals surface area contributed by atoms with E-state index < -0.39 is 0 Å². The van der Waals surface area contributed by atoms with Crippen molar-refractivity contribution in [2.45, 2.75) is 40.5 Å². The summed E-state index contributed by atoms with van der Waals surface area (Å²) in [5.74, 6) is 1.34. The van der Waals surface area contributed by atoms with E-state index >= 15 is 0 Å². The van der Waals surface area contributed by atoms with E-state index in [1.54, 1.807) is 0 Å². The Morgan fingerprint density at radius 2 is 1.67 bits per heavy atom. The highest BCUT2D eigenvalue weighted by Crippen LogP contribution is 2.34. The fourth-order valence-electron chi connectivity index (χ4n) is 3.45. The zero-order valence-corrected chi connectivity index (χ0v) is 18.2. The van der Waals surface area contributed by atoms with Gasteiger partial charge in [0, 0.05) is 11.4 Å². The molecule has 0 saturated heterocycles. The second-order valence-electron chi connectivity index (χ2n) is 8.36. The Kier molecular flexibility index (Phi) is 6.93.